The van der Waals surface area contributed by atoms with E-state index < -0.39 is 0 Å². The molecule has 4 heteroatoms. The average Bonchev–Trinajstić information content (AvgIpc) is 2.95. The Bertz CT molecular complexity index is 1380. The summed E-state index contributed by atoms with van der Waals surface area (Å²) in [6, 6.07) is 45.0. The van der Waals surface area contributed by atoms with Gasteiger partial charge in [-0.3, -0.25) is 0 Å². The van der Waals surface area contributed by atoms with Crippen LogP contribution >= 0.6 is 0 Å². The highest BCUT2D eigenvalue weighted by Crippen LogP contribution is 2.30. The first-order chi connectivity index (χ1) is 17.8. The van der Waals surface area contributed by atoms with Crippen LogP contribution in [0.5, 0.6) is 5.75 Å². The van der Waals surface area contributed by atoms with E-state index in [2.05, 4.69) is 72.0 Å². The molecule has 0 aliphatic carbocycles. The summed E-state index contributed by atoms with van der Waals surface area (Å²) >= 11 is 0. The third-order valence-corrected chi connectivity index (χ3v) is 5.84. The lowest BCUT2D eigenvalue weighted by molar-refractivity contribution is 0.415. The molecular formula is C32H27N3O. The molecule has 1 N–H and O–H groups in total. The van der Waals surface area contributed by atoms with E-state index in [1.807, 2.05) is 78.0 Å². The molecule has 0 fully saturated rings. The molecule has 0 saturated heterocycles. The van der Waals surface area contributed by atoms with Gasteiger partial charge in [-0.15, -0.1) is 0 Å². The summed E-state index contributed by atoms with van der Waals surface area (Å²) in [4.78, 5) is 0. The van der Waals surface area contributed by atoms with Crippen LogP contribution in [-0.2, 0) is 0 Å². The second-order valence-corrected chi connectivity index (χ2v) is 8.25. The Hall–Kier alpha value is -4.83. The Morgan fingerprint density at radius 1 is 0.639 bits per heavy atom. The minimum absolute atomic E-state index is 0.840. The van der Waals surface area contributed by atoms with E-state index in [0.29, 0.717) is 0 Å². The molecule has 176 valence electrons. The molecule has 5 aromatic rings. The number of benzene rings is 5. The lowest BCUT2D eigenvalue weighted by atomic mass is 10.0. The zero-order valence-corrected chi connectivity index (χ0v) is 20.1. The molecule has 0 saturated carbocycles. The predicted molar refractivity (Wildman–Crippen MR) is 151 cm³/mol. The number of methoxy groups -OCH3 is 1. The molecule has 0 bridgehead atoms. The second-order valence-electron chi connectivity index (χ2n) is 8.25. The van der Waals surface area contributed by atoms with Gasteiger partial charge in [0.05, 0.1) is 24.7 Å². The Morgan fingerprint density at radius 2 is 1.19 bits per heavy atom. The number of anilines is 4. The molecular weight excluding hydrogens is 442 g/mol. The van der Waals surface area contributed by atoms with Crippen LogP contribution in [0, 0.1) is 0 Å². The average molecular weight is 470 g/mol. The standard InChI is InChI=1S/C32H27N3O/c1-36-31-21-19-25(20-22-31)26-17-18-27(32(23-26)34-28-11-5-2-6-12-28)24-33-35(29-13-7-3-8-14-29)30-15-9-4-10-16-30/h2-24,34H,1H3. The second kappa shape index (κ2) is 11.1. The van der Waals surface area contributed by atoms with E-state index in [4.69, 9.17) is 9.84 Å². The largest absolute Gasteiger partial charge is 0.497 e. The zero-order valence-electron chi connectivity index (χ0n) is 20.1. The predicted octanol–water partition coefficient (Wildman–Crippen LogP) is 8.28. The summed E-state index contributed by atoms with van der Waals surface area (Å²) in [5.74, 6) is 0.840. The SMILES string of the molecule is COc1ccc(-c2ccc(C=NN(c3ccccc3)c3ccccc3)c(Nc3ccccc3)c2)cc1. The van der Waals surface area contributed by atoms with Gasteiger partial charge in [-0.05, 0) is 65.7 Å². The van der Waals surface area contributed by atoms with Crippen molar-refractivity contribution >= 4 is 29.0 Å². The molecule has 4 nitrogen and oxygen atoms in total. The van der Waals surface area contributed by atoms with Crippen LogP contribution in [-0.4, -0.2) is 13.3 Å². The Morgan fingerprint density at radius 3 is 1.78 bits per heavy atom. The van der Waals surface area contributed by atoms with E-state index in [1.165, 1.54) is 0 Å². The lowest BCUT2D eigenvalue weighted by Gasteiger charge is -2.19. The van der Waals surface area contributed by atoms with Gasteiger partial charge in [0, 0.05) is 16.9 Å². The van der Waals surface area contributed by atoms with Gasteiger partial charge >= 0.3 is 0 Å². The van der Waals surface area contributed by atoms with Crippen LogP contribution < -0.4 is 15.1 Å². The van der Waals surface area contributed by atoms with Gasteiger partial charge in [-0.1, -0.05) is 78.9 Å². The van der Waals surface area contributed by atoms with Crippen molar-refractivity contribution in [1.82, 2.24) is 0 Å². The molecule has 5 aromatic carbocycles. The topological polar surface area (TPSA) is 36.9 Å². The number of hydrazone groups is 1. The molecule has 0 amide bonds. The van der Waals surface area contributed by atoms with Crippen molar-refractivity contribution in [2.24, 2.45) is 5.10 Å². The van der Waals surface area contributed by atoms with Crippen molar-refractivity contribution < 1.29 is 4.74 Å². The highest BCUT2D eigenvalue weighted by atomic mass is 16.5. The van der Waals surface area contributed by atoms with Crippen molar-refractivity contribution in [1.29, 1.82) is 0 Å². The monoisotopic (exact) mass is 469 g/mol. The van der Waals surface area contributed by atoms with Gasteiger partial charge in [0.1, 0.15) is 5.75 Å². The number of rotatable bonds is 8. The minimum atomic E-state index is 0.840. The third-order valence-electron chi connectivity index (χ3n) is 5.84. The summed E-state index contributed by atoms with van der Waals surface area (Å²) in [5.41, 5.74) is 7.18. The van der Waals surface area contributed by atoms with Gasteiger partial charge in [0.2, 0.25) is 0 Å². The van der Waals surface area contributed by atoms with Gasteiger partial charge in [-0.2, -0.15) is 5.10 Å². The van der Waals surface area contributed by atoms with Crippen LogP contribution in [0.3, 0.4) is 0 Å². The number of hydrogen-bond acceptors (Lipinski definition) is 4. The summed E-state index contributed by atoms with van der Waals surface area (Å²) in [5, 5.41) is 10.4. The van der Waals surface area contributed by atoms with E-state index in [9.17, 15) is 0 Å². The van der Waals surface area contributed by atoms with Crippen LogP contribution in [0.25, 0.3) is 11.1 Å². The van der Waals surface area contributed by atoms with E-state index >= 15 is 0 Å². The molecule has 0 aliphatic heterocycles. The van der Waals surface area contributed by atoms with Gasteiger partial charge in [-0.25, -0.2) is 5.01 Å². The number of nitrogens with one attached hydrogen (secondary N) is 1. The lowest BCUT2D eigenvalue weighted by Crippen LogP contribution is -2.09. The summed E-state index contributed by atoms with van der Waals surface area (Å²) < 4.78 is 5.32. The summed E-state index contributed by atoms with van der Waals surface area (Å²) in [6.07, 6.45) is 1.91. The van der Waals surface area contributed by atoms with Gasteiger partial charge in [0.15, 0.2) is 0 Å². The molecule has 36 heavy (non-hydrogen) atoms. The third kappa shape index (κ3) is 5.45. The minimum Gasteiger partial charge on any atom is -0.497 e. The van der Waals surface area contributed by atoms with Crippen LogP contribution in [0.1, 0.15) is 5.56 Å². The maximum absolute atomic E-state index is 5.32. The van der Waals surface area contributed by atoms with E-state index in [1.54, 1.807) is 7.11 Å². The Balaban J connectivity index is 1.53. The molecule has 5 rings (SSSR count). The summed E-state index contributed by atoms with van der Waals surface area (Å²) in [6.45, 7) is 0. The normalized spacial score (nSPS) is 10.8. The van der Waals surface area contributed by atoms with Crippen LogP contribution in [0.2, 0.25) is 0 Å². The van der Waals surface area contributed by atoms with Gasteiger partial charge in [0.25, 0.3) is 0 Å². The number of para-hydroxylation sites is 3. The molecule has 0 aliphatic rings. The Labute approximate surface area is 212 Å². The number of hydrogen-bond donors (Lipinski definition) is 1. The summed E-state index contributed by atoms with van der Waals surface area (Å²) in [7, 11) is 1.68. The fourth-order valence-electron chi connectivity index (χ4n) is 3.96. The van der Waals surface area contributed by atoms with Crippen molar-refractivity contribution in [2.45, 2.75) is 0 Å². The molecule has 0 heterocycles. The molecule has 0 unspecified atom stereocenters. The van der Waals surface area contributed by atoms with Crippen LogP contribution in [0.4, 0.5) is 22.7 Å². The first-order valence-corrected chi connectivity index (χ1v) is 11.8. The highest BCUT2D eigenvalue weighted by molar-refractivity contribution is 5.92. The molecule has 0 spiro atoms. The van der Waals surface area contributed by atoms with Crippen molar-refractivity contribution in [3.05, 3.63) is 139 Å². The fraction of sp³-hybridized carbons (Fsp3) is 0.0312. The highest BCUT2D eigenvalue weighted by Gasteiger charge is 2.09. The maximum atomic E-state index is 5.32. The maximum Gasteiger partial charge on any atom is 0.118 e. The first-order valence-electron chi connectivity index (χ1n) is 11.8. The van der Waals surface area contributed by atoms with Crippen molar-refractivity contribution in [3.63, 3.8) is 0 Å². The Kier molecular flexibility index (Phi) is 7.05. The smallest absolute Gasteiger partial charge is 0.118 e. The van der Waals surface area contributed by atoms with E-state index in [0.717, 1.165) is 45.2 Å². The van der Waals surface area contributed by atoms with Crippen molar-refractivity contribution in [3.8, 4) is 16.9 Å². The van der Waals surface area contributed by atoms with Gasteiger partial charge < -0.3 is 10.1 Å². The fourth-order valence-corrected chi connectivity index (χ4v) is 3.96. The molecule has 0 atom stereocenters. The quantitative estimate of drug-likeness (QED) is 0.183. The number of ether oxygens (including phenoxy) is 1. The molecule has 0 aromatic heterocycles. The van der Waals surface area contributed by atoms with E-state index in [-0.39, 0.29) is 0 Å². The first kappa shape index (κ1) is 22.9. The number of nitrogens with zero attached hydrogens (tertiary/aromatic N) is 2. The molecule has 0 radical (unpaired) electrons. The zero-order chi connectivity index (χ0) is 24.6. The van der Waals surface area contributed by atoms with Crippen LogP contribution in [0.15, 0.2) is 139 Å². The van der Waals surface area contributed by atoms with Crippen molar-refractivity contribution in [2.75, 3.05) is 17.4 Å².